The van der Waals surface area contributed by atoms with Crippen LogP contribution in [0.4, 0.5) is 39.9 Å². The molecule has 0 fully saturated rings. The van der Waals surface area contributed by atoms with Gasteiger partial charge in [-0.25, -0.2) is 4.98 Å². The third-order valence-electron chi connectivity index (χ3n) is 17.4. The first-order chi connectivity index (χ1) is 41.7. The van der Waals surface area contributed by atoms with Gasteiger partial charge in [0, 0.05) is 40.8 Å². The van der Waals surface area contributed by atoms with Crippen molar-refractivity contribution in [2.24, 2.45) is 0 Å². The molecule has 6 heteroatoms. The molecular weight excluding hydrogens is 1020 g/mol. The van der Waals surface area contributed by atoms with Crippen LogP contribution in [0.15, 0.2) is 206 Å². The van der Waals surface area contributed by atoms with Crippen LogP contribution in [0.1, 0.15) is 122 Å². The van der Waals surface area contributed by atoms with Crippen molar-refractivity contribution in [2.75, 3.05) is 21.4 Å². The zero-order valence-corrected chi connectivity index (χ0v) is 51.2. The molecular formula is C77H76N4OSi. The number of para-hydroxylation sites is 4. The zero-order valence-electron chi connectivity index (χ0n) is 55.2. The Morgan fingerprint density at radius 1 is 0.482 bits per heavy atom. The summed E-state index contributed by atoms with van der Waals surface area (Å²) in [7, 11) is -3.00. The molecule has 0 N–H and O–H groups in total. The minimum atomic E-state index is -3.00. The molecule has 0 amide bonds. The second-order valence-corrected chi connectivity index (χ2v) is 30.2. The van der Waals surface area contributed by atoms with Gasteiger partial charge >= 0.3 is 0 Å². The molecule has 1 spiro atoms. The Morgan fingerprint density at radius 3 is 1.70 bits per heavy atom. The molecule has 9 aromatic carbocycles. The van der Waals surface area contributed by atoms with Crippen molar-refractivity contribution in [3.8, 4) is 44.9 Å². The van der Waals surface area contributed by atoms with Crippen LogP contribution in [0.25, 0.3) is 33.4 Å². The van der Waals surface area contributed by atoms with Crippen molar-refractivity contribution < 1.29 is 11.6 Å². The van der Waals surface area contributed by atoms with E-state index in [0.29, 0.717) is 23.7 Å². The Morgan fingerprint density at radius 2 is 1.07 bits per heavy atom. The fourth-order valence-corrected chi connectivity index (χ4v) is 18.6. The maximum atomic E-state index is 9.41. The predicted octanol–water partition coefficient (Wildman–Crippen LogP) is 18.2. The molecule has 4 heterocycles. The number of pyridine rings is 1. The lowest BCUT2D eigenvalue weighted by Gasteiger charge is -2.43. The first kappa shape index (κ1) is 48.1. The van der Waals surface area contributed by atoms with Crippen molar-refractivity contribution in [3.63, 3.8) is 0 Å². The summed E-state index contributed by atoms with van der Waals surface area (Å²) >= 11 is 0. The van der Waals surface area contributed by atoms with Crippen molar-refractivity contribution in [1.29, 1.82) is 0 Å². The molecule has 0 atom stereocenters. The van der Waals surface area contributed by atoms with Crippen molar-refractivity contribution in [1.82, 2.24) is 4.98 Å². The number of rotatable bonds is 8. The third-order valence-corrected chi connectivity index (χ3v) is 22.3. The summed E-state index contributed by atoms with van der Waals surface area (Å²) in [4.78, 5) is 12.2. The van der Waals surface area contributed by atoms with Gasteiger partial charge < -0.3 is 14.5 Å². The van der Waals surface area contributed by atoms with E-state index >= 15 is 0 Å². The molecule has 0 radical (unpaired) electrons. The monoisotopic (exact) mass is 1110 g/mol. The first-order valence-electron chi connectivity index (χ1n) is 31.8. The van der Waals surface area contributed by atoms with Crippen molar-refractivity contribution in [3.05, 3.63) is 240 Å². The summed E-state index contributed by atoms with van der Waals surface area (Å²) in [5.74, 6) is 2.38. The van der Waals surface area contributed by atoms with Crippen LogP contribution in [0.5, 0.6) is 11.5 Å². The van der Waals surface area contributed by atoms with Gasteiger partial charge in [-0.15, -0.1) is 0 Å². The molecule has 3 aliphatic heterocycles. The van der Waals surface area contributed by atoms with Crippen LogP contribution in [-0.2, 0) is 16.2 Å². The lowest BCUT2D eigenvalue weighted by atomic mass is 9.78. The highest BCUT2D eigenvalue weighted by Crippen LogP contribution is 2.52. The second kappa shape index (κ2) is 19.9. The molecule has 0 saturated carbocycles. The standard InChI is InChI=1S/C77H76N4OSi/c1-49(2)53-42-58(79-48-80(66-27-18-17-26-65(66)79)74-61(52-22-15-14-16-23-52)24-21-25-62(74)54-40-56(76(8,9)10)44-57(41-54)77(11,12)13)46-60(43-53)82-59-32-35-70-68(47-59)81(73-45-55(36-37-78-73)75(5,6)7)67-28-19-20-29-69(67)83(70)71-38-50(3)30-33-63(71)64-34-31-51(4)39-72(64)83/h14-47,49H,48H2,1-13H3/i14D,15D,16D,22D,23D. The van der Waals surface area contributed by atoms with Gasteiger partial charge in [-0.2, -0.15) is 0 Å². The molecule has 83 heavy (non-hydrogen) atoms. The first-order valence-corrected chi connectivity index (χ1v) is 31.3. The van der Waals surface area contributed by atoms with Gasteiger partial charge in [-0.05, 0) is 150 Å². The van der Waals surface area contributed by atoms with E-state index in [1.807, 2.05) is 24.4 Å². The van der Waals surface area contributed by atoms with Gasteiger partial charge in [0.25, 0.3) is 0 Å². The summed E-state index contributed by atoms with van der Waals surface area (Å²) in [5.41, 5.74) is 17.5. The number of aryl methyl sites for hydroxylation is 2. The number of aromatic nitrogens is 1. The van der Waals surface area contributed by atoms with Gasteiger partial charge in [0.05, 0.1) is 29.6 Å². The van der Waals surface area contributed by atoms with Crippen LogP contribution >= 0.6 is 0 Å². The van der Waals surface area contributed by atoms with Crippen LogP contribution < -0.4 is 40.2 Å². The van der Waals surface area contributed by atoms with Crippen LogP contribution in [0.2, 0.25) is 0 Å². The summed E-state index contributed by atoms with van der Waals surface area (Å²) in [6.45, 7) is 29.4. The number of ether oxygens (including phenoxy) is 1. The average Bonchev–Trinajstić information content (AvgIpc) is 1.57. The third kappa shape index (κ3) is 9.18. The maximum Gasteiger partial charge on any atom is 0.185 e. The van der Waals surface area contributed by atoms with E-state index in [4.69, 9.17) is 13.8 Å². The largest absolute Gasteiger partial charge is 0.457 e. The Hall–Kier alpha value is -8.45. The smallest absolute Gasteiger partial charge is 0.185 e. The summed E-state index contributed by atoms with van der Waals surface area (Å²) in [6, 6.07) is 60.4. The van der Waals surface area contributed by atoms with Crippen LogP contribution in [0.3, 0.4) is 0 Å². The minimum Gasteiger partial charge on any atom is -0.457 e. The number of hydrogen-bond donors (Lipinski definition) is 0. The Labute approximate surface area is 501 Å². The van der Waals surface area contributed by atoms with Crippen LogP contribution in [-0.4, -0.2) is 19.7 Å². The molecule has 0 unspecified atom stereocenters. The SMILES string of the molecule is [2H]c1c([2H])c([2H])c(-c2cccc(-c3cc(C(C)(C)C)cc(C(C)(C)C)c3)c2N2CN(c3cc(Oc4ccc5c(c4)N(c4cc(C(C)(C)C)ccn4)c4ccccc4[Si]54c5cc(C)ccc5-c5ccc(C)cc54)cc(C(C)C)c3)c3ccccc32)c([2H])c1[2H]. The Balaban J connectivity index is 0.985. The molecule has 13 rings (SSSR count). The number of nitrogens with zero attached hydrogens (tertiary/aromatic N) is 4. The molecule has 0 saturated heterocycles. The number of hydrogen-bond acceptors (Lipinski definition) is 5. The van der Waals surface area contributed by atoms with Gasteiger partial charge in [-0.3, -0.25) is 4.90 Å². The van der Waals surface area contributed by atoms with E-state index in [0.717, 1.165) is 56.6 Å². The normalized spacial score (nSPS) is 15.0. The highest BCUT2D eigenvalue weighted by atomic mass is 28.3. The summed E-state index contributed by atoms with van der Waals surface area (Å²) < 4.78 is 52.6. The average molecular weight is 1110 g/mol. The molecule has 0 aliphatic carbocycles. The lowest BCUT2D eigenvalue weighted by molar-refractivity contribution is 0.482. The second-order valence-electron chi connectivity index (χ2n) is 26.5. The lowest BCUT2D eigenvalue weighted by Crippen LogP contribution is -2.75. The Bertz CT molecular complexity index is 4400. The molecule has 414 valence electrons. The quantitative estimate of drug-likeness (QED) is 0.142. The van der Waals surface area contributed by atoms with E-state index in [2.05, 4.69) is 256 Å². The van der Waals surface area contributed by atoms with E-state index in [1.165, 1.54) is 59.7 Å². The van der Waals surface area contributed by atoms with Gasteiger partial charge in [-0.1, -0.05) is 227 Å². The summed E-state index contributed by atoms with van der Waals surface area (Å²) in [5, 5.41) is 5.42. The highest BCUT2D eigenvalue weighted by molar-refractivity contribution is 7.23. The fourth-order valence-electron chi connectivity index (χ4n) is 12.9. The van der Waals surface area contributed by atoms with Gasteiger partial charge in [0.1, 0.15) is 24.0 Å². The van der Waals surface area contributed by atoms with Crippen LogP contribution in [0, 0.1) is 13.8 Å². The molecule has 1 aromatic heterocycles. The molecule has 3 aliphatic rings. The molecule has 10 aromatic rings. The fraction of sp³-hybridized carbons (Fsp3) is 0.234. The van der Waals surface area contributed by atoms with E-state index < -0.39 is 14.1 Å². The van der Waals surface area contributed by atoms with Gasteiger partial charge in [0.2, 0.25) is 0 Å². The minimum absolute atomic E-state index is 0.120. The van der Waals surface area contributed by atoms with E-state index in [1.54, 1.807) is 0 Å². The predicted molar refractivity (Wildman–Crippen MR) is 354 cm³/mol. The maximum absolute atomic E-state index is 9.41. The van der Waals surface area contributed by atoms with E-state index in [9.17, 15) is 2.74 Å². The van der Waals surface area contributed by atoms with E-state index in [-0.39, 0.29) is 51.9 Å². The number of benzene rings is 9. The zero-order chi connectivity index (χ0) is 62.3. The number of anilines is 7. The van der Waals surface area contributed by atoms with Gasteiger partial charge in [0.15, 0.2) is 8.07 Å². The topological polar surface area (TPSA) is 31.8 Å². The number of fused-ring (bicyclic) bond motifs is 10. The Kier molecular flexibility index (Phi) is 11.5. The van der Waals surface area contributed by atoms with Crippen molar-refractivity contribution >= 4 is 68.8 Å². The van der Waals surface area contributed by atoms with Crippen molar-refractivity contribution in [2.45, 2.75) is 112 Å². The molecule has 0 bridgehead atoms. The highest BCUT2D eigenvalue weighted by Gasteiger charge is 2.54. The molecule has 5 nitrogen and oxygen atoms in total. The summed E-state index contributed by atoms with van der Waals surface area (Å²) in [6.07, 6.45) is 1.95.